The van der Waals surface area contributed by atoms with Crippen molar-refractivity contribution in [2.45, 2.75) is 6.92 Å². The van der Waals surface area contributed by atoms with Gasteiger partial charge in [0.15, 0.2) is 5.78 Å². The molecule has 0 spiro atoms. The van der Waals surface area contributed by atoms with Gasteiger partial charge in [0.1, 0.15) is 12.0 Å². The highest BCUT2D eigenvalue weighted by atomic mass is 16.2. The maximum atomic E-state index is 11.7. The molecule has 8 heteroatoms. The number of carbonyl (C=O) groups excluding carboxylic acids is 3. The molecule has 0 atom stereocenters. The average Bonchev–Trinajstić information content (AvgIpc) is 2.89. The highest BCUT2D eigenvalue weighted by Crippen LogP contribution is 2.20. The second-order valence-electron chi connectivity index (χ2n) is 4.57. The van der Waals surface area contributed by atoms with Crippen molar-refractivity contribution in [3.8, 4) is 0 Å². The number of aromatic nitrogens is 2. The topological polar surface area (TPSA) is 130 Å². The van der Waals surface area contributed by atoms with Crippen molar-refractivity contribution in [2.24, 2.45) is 5.73 Å². The van der Waals surface area contributed by atoms with Crippen LogP contribution in [-0.2, 0) is 4.79 Å². The van der Waals surface area contributed by atoms with Gasteiger partial charge >= 0.3 is 6.03 Å². The van der Waals surface area contributed by atoms with Gasteiger partial charge in [-0.2, -0.15) is 5.10 Å². The van der Waals surface area contributed by atoms with Crippen LogP contribution in [0.3, 0.4) is 0 Å². The Morgan fingerprint density at radius 3 is 2.86 bits per heavy atom. The molecule has 2 aromatic rings. The van der Waals surface area contributed by atoms with Crippen molar-refractivity contribution in [1.29, 1.82) is 0 Å². The fourth-order valence-electron chi connectivity index (χ4n) is 1.86. The van der Waals surface area contributed by atoms with Crippen molar-refractivity contribution in [1.82, 2.24) is 15.5 Å². The molecule has 8 nitrogen and oxygen atoms in total. The van der Waals surface area contributed by atoms with E-state index >= 15 is 0 Å². The number of aldehydes is 1. The van der Waals surface area contributed by atoms with Crippen LogP contribution >= 0.6 is 0 Å². The van der Waals surface area contributed by atoms with E-state index in [1.807, 2.05) is 0 Å². The Balaban J connectivity index is 2.09. The van der Waals surface area contributed by atoms with E-state index in [9.17, 15) is 14.4 Å². The van der Waals surface area contributed by atoms with Gasteiger partial charge in [-0.3, -0.25) is 14.7 Å². The van der Waals surface area contributed by atoms with Crippen LogP contribution in [0, 0.1) is 0 Å². The van der Waals surface area contributed by atoms with E-state index < -0.39 is 6.03 Å². The first kappa shape index (κ1) is 15.2. The molecule has 0 radical (unpaired) electrons. The quantitative estimate of drug-likeness (QED) is 0.371. The average molecular weight is 301 g/mol. The highest BCUT2D eigenvalue weighted by Gasteiger charge is 2.11. The summed E-state index contributed by atoms with van der Waals surface area (Å²) in [6.07, 6.45) is 1.71. The Hall–Kier alpha value is -3.16. The van der Waals surface area contributed by atoms with Crippen LogP contribution in [0.2, 0.25) is 0 Å². The van der Waals surface area contributed by atoms with Gasteiger partial charge in [0.25, 0.3) is 0 Å². The van der Waals surface area contributed by atoms with Gasteiger partial charge in [0.2, 0.25) is 0 Å². The van der Waals surface area contributed by atoms with Crippen LogP contribution in [0.4, 0.5) is 10.5 Å². The number of nitrogens with one attached hydrogen (secondary N) is 3. The molecular formula is C14H15N5O3. The number of hydrogen-bond donors (Lipinski definition) is 4. The molecule has 0 aliphatic heterocycles. The third-order valence-corrected chi connectivity index (χ3v) is 2.89. The lowest BCUT2D eigenvalue weighted by Gasteiger charge is -2.07. The monoisotopic (exact) mass is 301 g/mol. The molecular weight excluding hydrogens is 286 g/mol. The zero-order valence-corrected chi connectivity index (χ0v) is 11.8. The van der Waals surface area contributed by atoms with Gasteiger partial charge < -0.3 is 16.4 Å². The third-order valence-electron chi connectivity index (χ3n) is 2.89. The Kier molecular flexibility index (Phi) is 4.52. The number of ketones is 1. The summed E-state index contributed by atoms with van der Waals surface area (Å²) >= 11 is 0. The van der Waals surface area contributed by atoms with Crippen LogP contribution in [0.1, 0.15) is 17.4 Å². The minimum atomic E-state index is -0.477. The second-order valence-corrected chi connectivity index (χ2v) is 4.57. The number of nitrogens with zero attached hydrogens (tertiary/aromatic N) is 1. The summed E-state index contributed by atoms with van der Waals surface area (Å²) in [4.78, 5) is 33.4. The van der Waals surface area contributed by atoms with E-state index in [4.69, 9.17) is 5.73 Å². The zero-order valence-electron chi connectivity index (χ0n) is 11.8. The standard InChI is InChI=1S/C14H15N5O3/c1-8(21)13-11-6-10(2-3-12(11)18-19-13)17-14(22)16-7-9(15)4-5-20/h2-6H,7,15H2,1H3,(H,18,19)(H2,16,17,22). The minimum Gasteiger partial charge on any atom is -0.400 e. The number of aromatic amines is 1. The van der Waals surface area contributed by atoms with E-state index in [1.165, 1.54) is 6.92 Å². The Morgan fingerprint density at radius 1 is 1.41 bits per heavy atom. The number of benzene rings is 1. The van der Waals surface area contributed by atoms with Gasteiger partial charge in [0, 0.05) is 23.7 Å². The summed E-state index contributed by atoms with van der Waals surface area (Å²) in [6.45, 7) is 1.47. The summed E-state index contributed by atoms with van der Waals surface area (Å²) in [5.74, 6) is -0.167. The van der Waals surface area contributed by atoms with Crippen molar-refractivity contribution < 1.29 is 14.4 Å². The number of rotatable bonds is 5. The molecule has 1 aromatic carbocycles. The second kappa shape index (κ2) is 6.53. The summed E-state index contributed by atoms with van der Waals surface area (Å²) in [5.41, 5.74) is 7.25. The van der Waals surface area contributed by atoms with E-state index in [0.29, 0.717) is 28.6 Å². The molecule has 0 aliphatic rings. The number of urea groups is 1. The van der Waals surface area contributed by atoms with Crippen molar-refractivity contribution >= 4 is 34.7 Å². The van der Waals surface area contributed by atoms with E-state index in [1.54, 1.807) is 18.2 Å². The Bertz CT molecular complexity index is 763. The number of fused-ring (bicyclic) bond motifs is 1. The molecule has 0 bridgehead atoms. The highest BCUT2D eigenvalue weighted by molar-refractivity contribution is 6.06. The van der Waals surface area contributed by atoms with Gasteiger partial charge in [-0.05, 0) is 24.3 Å². The molecule has 2 rings (SSSR count). The number of anilines is 1. The summed E-state index contributed by atoms with van der Waals surface area (Å²) in [5, 5.41) is 12.4. The molecule has 0 fully saturated rings. The number of hydrogen-bond acceptors (Lipinski definition) is 5. The van der Waals surface area contributed by atoms with Crippen LogP contribution in [0.5, 0.6) is 0 Å². The maximum absolute atomic E-state index is 11.7. The number of nitrogens with two attached hydrogens (primary N) is 1. The predicted molar refractivity (Wildman–Crippen MR) is 81.5 cm³/mol. The molecule has 0 saturated carbocycles. The lowest BCUT2D eigenvalue weighted by atomic mass is 10.1. The van der Waals surface area contributed by atoms with Crippen molar-refractivity contribution in [3.63, 3.8) is 0 Å². The molecule has 2 amide bonds. The summed E-state index contributed by atoms with van der Waals surface area (Å²) in [7, 11) is 0. The Morgan fingerprint density at radius 2 is 2.18 bits per heavy atom. The number of H-pyrrole nitrogens is 1. The van der Waals surface area contributed by atoms with Crippen LogP contribution < -0.4 is 16.4 Å². The lowest BCUT2D eigenvalue weighted by Crippen LogP contribution is -2.32. The molecule has 0 saturated heterocycles. The summed E-state index contributed by atoms with van der Waals surface area (Å²) in [6, 6.07) is 4.56. The molecule has 5 N–H and O–H groups in total. The number of allylic oxidation sites excluding steroid dienone is 1. The SMILES string of the molecule is CC(=O)c1n[nH]c2ccc(NC(=O)NCC(N)=CC=O)cc12. The van der Waals surface area contributed by atoms with Crippen molar-refractivity contribution in [3.05, 3.63) is 35.7 Å². The third kappa shape index (κ3) is 3.48. The molecule has 0 unspecified atom stereocenters. The smallest absolute Gasteiger partial charge is 0.319 e. The first-order valence-electron chi connectivity index (χ1n) is 6.45. The van der Waals surface area contributed by atoms with Gasteiger partial charge in [-0.1, -0.05) is 0 Å². The van der Waals surface area contributed by atoms with E-state index in [0.717, 1.165) is 6.08 Å². The predicted octanol–water partition coefficient (Wildman–Crippen LogP) is 0.928. The van der Waals surface area contributed by atoms with Crippen molar-refractivity contribution in [2.75, 3.05) is 11.9 Å². The van der Waals surface area contributed by atoms with Gasteiger partial charge in [0.05, 0.1) is 12.1 Å². The lowest BCUT2D eigenvalue weighted by molar-refractivity contribution is -0.104. The number of amides is 2. The fourth-order valence-corrected chi connectivity index (χ4v) is 1.86. The van der Waals surface area contributed by atoms with E-state index in [2.05, 4.69) is 20.8 Å². The van der Waals surface area contributed by atoms with Crippen LogP contribution in [-0.4, -0.2) is 34.8 Å². The Labute approximate surface area is 125 Å². The molecule has 114 valence electrons. The number of Topliss-reactive ketones (excluding diaryl/α,β-unsaturated/α-hetero) is 1. The molecule has 1 aromatic heterocycles. The fraction of sp³-hybridized carbons (Fsp3) is 0.143. The first-order valence-corrected chi connectivity index (χ1v) is 6.45. The summed E-state index contributed by atoms with van der Waals surface area (Å²) < 4.78 is 0. The molecule has 0 aliphatic carbocycles. The normalized spacial score (nSPS) is 11.2. The first-order chi connectivity index (χ1) is 10.5. The maximum Gasteiger partial charge on any atom is 0.319 e. The molecule has 22 heavy (non-hydrogen) atoms. The minimum absolute atomic E-state index is 0.0528. The van der Waals surface area contributed by atoms with Crippen LogP contribution in [0.25, 0.3) is 10.9 Å². The number of carbonyl (C=O) groups is 3. The molecule has 1 heterocycles. The van der Waals surface area contributed by atoms with Gasteiger partial charge in [-0.25, -0.2) is 4.79 Å². The van der Waals surface area contributed by atoms with Gasteiger partial charge in [-0.15, -0.1) is 0 Å². The zero-order chi connectivity index (χ0) is 16.1. The van der Waals surface area contributed by atoms with E-state index in [-0.39, 0.29) is 18.0 Å². The largest absolute Gasteiger partial charge is 0.400 e. The van der Waals surface area contributed by atoms with Crippen LogP contribution in [0.15, 0.2) is 30.0 Å².